The molecular weight excluding hydrogens is 675 g/mol. The van der Waals surface area contributed by atoms with Crippen molar-refractivity contribution in [1.82, 2.24) is 0 Å². The average Bonchev–Trinajstić information content (AvgIpc) is 3.71. The molecule has 9 aromatic rings. The maximum Gasteiger partial charge on any atom is 0.170 e. The molecule has 0 saturated heterocycles. The van der Waals surface area contributed by atoms with Gasteiger partial charge in [0.2, 0.25) is 0 Å². The van der Waals surface area contributed by atoms with Crippen LogP contribution in [0.25, 0.3) is 55.3 Å². The predicted molar refractivity (Wildman–Crippen MR) is 223 cm³/mol. The third kappa shape index (κ3) is 5.06. The summed E-state index contributed by atoms with van der Waals surface area (Å²) in [6, 6.07) is 62.0. The molecule has 0 N–H and O–H groups in total. The molecule has 0 unspecified atom stereocenters. The lowest BCUT2D eigenvalue weighted by Crippen LogP contribution is -2.16. The Bertz CT molecular complexity index is 2960. The Morgan fingerprint density at radius 2 is 0.927 bits per heavy atom. The van der Waals surface area contributed by atoms with E-state index in [4.69, 9.17) is 13.9 Å². The first-order valence-electron chi connectivity index (χ1n) is 18.7. The second-order valence-electron chi connectivity index (χ2n) is 15.0. The quantitative estimate of drug-likeness (QED) is 0.178. The first-order valence-corrected chi connectivity index (χ1v) is 18.7. The van der Waals surface area contributed by atoms with E-state index in [1.165, 1.54) is 33.4 Å². The Balaban J connectivity index is 0.991. The summed E-state index contributed by atoms with van der Waals surface area (Å²) < 4.78 is 18.8. The van der Waals surface area contributed by atoms with Crippen molar-refractivity contribution in [3.8, 4) is 56.4 Å². The van der Waals surface area contributed by atoms with Crippen molar-refractivity contribution in [2.45, 2.75) is 19.3 Å². The van der Waals surface area contributed by atoms with Gasteiger partial charge in [0.1, 0.15) is 11.2 Å². The van der Waals surface area contributed by atoms with Gasteiger partial charge in [-0.15, -0.1) is 0 Å². The molecule has 0 saturated carbocycles. The standard InChI is InChI=1S/C51H35NO3/c1-51(2)43-28-34(35-19-27-48-50(29-35)55-47-15-9-8-14-46(47)54-48)18-24-39(43)40-25-22-37(30-44(40)51)52(36-20-16-33(17-21-36)32-10-4-3-5-11-32)38-23-26-42-41-12-6-7-13-45(41)53-49(42)31-38/h3-31H,1-2H3. The van der Waals surface area contributed by atoms with Crippen LogP contribution in [0.15, 0.2) is 180 Å². The summed E-state index contributed by atoms with van der Waals surface area (Å²) in [7, 11) is 0. The van der Waals surface area contributed by atoms with Crippen molar-refractivity contribution < 1.29 is 13.9 Å². The molecule has 0 bridgehead atoms. The van der Waals surface area contributed by atoms with E-state index >= 15 is 0 Å². The first kappa shape index (κ1) is 31.5. The number of ether oxygens (including phenoxy) is 2. The molecule has 55 heavy (non-hydrogen) atoms. The highest BCUT2D eigenvalue weighted by atomic mass is 16.6. The normalized spacial score (nSPS) is 13.3. The van der Waals surface area contributed by atoms with Crippen LogP contribution in [-0.2, 0) is 5.41 Å². The highest BCUT2D eigenvalue weighted by molar-refractivity contribution is 6.06. The molecule has 0 spiro atoms. The summed E-state index contributed by atoms with van der Waals surface area (Å²) in [5.41, 5.74) is 14.5. The highest BCUT2D eigenvalue weighted by Gasteiger charge is 2.36. The van der Waals surface area contributed by atoms with Crippen LogP contribution in [0, 0.1) is 0 Å². The maximum absolute atomic E-state index is 6.39. The molecule has 8 aromatic carbocycles. The molecule has 4 heteroatoms. The van der Waals surface area contributed by atoms with Gasteiger partial charge in [0.25, 0.3) is 0 Å². The number of furan rings is 1. The number of fused-ring (bicyclic) bond motifs is 8. The fourth-order valence-electron chi connectivity index (χ4n) is 8.49. The van der Waals surface area contributed by atoms with Gasteiger partial charge in [-0.2, -0.15) is 0 Å². The van der Waals surface area contributed by atoms with E-state index in [0.29, 0.717) is 0 Å². The Morgan fingerprint density at radius 1 is 0.382 bits per heavy atom. The van der Waals surface area contributed by atoms with Crippen LogP contribution in [-0.4, -0.2) is 0 Å². The second kappa shape index (κ2) is 12.0. The predicted octanol–water partition coefficient (Wildman–Crippen LogP) is 14.6. The lowest BCUT2D eigenvalue weighted by molar-refractivity contribution is 0.360. The molecule has 11 rings (SSSR count). The van der Waals surface area contributed by atoms with Gasteiger partial charge < -0.3 is 18.8 Å². The molecular formula is C51H35NO3. The second-order valence-corrected chi connectivity index (χ2v) is 15.0. The van der Waals surface area contributed by atoms with Gasteiger partial charge >= 0.3 is 0 Å². The molecule has 1 aliphatic carbocycles. The number of anilines is 3. The van der Waals surface area contributed by atoms with Gasteiger partial charge in [0.15, 0.2) is 23.0 Å². The number of rotatable bonds is 5. The van der Waals surface area contributed by atoms with Crippen LogP contribution in [0.2, 0.25) is 0 Å². The molecule has 2 aliphatic rings. The zero-order chi connectivity index (χ0) is 36.7. The molecule has 0 atom stereocenters. The van der Waals surface area contributed by atoms with Crippen LogP contribution in [0.4, 0.5) is 17.1 Å². The summed E-state index contributed by atoms with van der Waals surface area (Å²) >= 11 is 0. The van der Waals surface area contributed by atoms with E-state index in [1.54, 1.807) is 0 Å². The highest BCUT2D eigenvalue weighted by Crippen LogP contribution is 2.53. The molecule has 1 aliphatic heterocycles. The van der Waals surface area contributed by atoms with Crippen molar-refractivity contribution >= 4 is 39.0 Å². The molecule has 2 heterocycles. The van der Waals surface area contributed by atoms with E-state index in [0.717, 1.165) is 73.1 Å². The van der Waals surface area contributed by atoms with Gasteiger partial charge in [-0.25, -0.2) is 0 Å². The van der Waals surface area contributed by atoms with Gasteiger partial charge in [-0.05, 0) is 117 Å². The van der Waals surface area contributed by atoms with Gasteiger partial charge in [-0.3, -0.25) is 0 Å². The van der Waals surface area contributed by atoms with Gasteiger partial charge in [0.05, 0.1) is 0 Å². The van der Waals surface area contributed by atoms with Crippen LogP contribution in [0.3, 0.4) is 0 Å². The molecule has 0 fully saturated rings. The maximum atomic E-state index is 6.39. The Kier molecular flexibility index (Phi) is 6.86. The smallest absolute Gasteiger partial charge is 0.170 e. The Morgan fingerprint density at radius 3 is 1.75 bits per heavy atom. The Labute approximate surface area is 319 Å². The number of hydrogen-bond acceptors (Lipinski definition) is 4. The number of hydrogen-bond donors (Lipinski definition) is 0. The Hall–Kier alpha value is -7.04. The largest absolute Gasteiger partial charge is 0.456 e. The molecule has 1 aromatic heterocycles. The number of para-hydroxylation sites is 3. The van der Waals surface area contributed by atoms with Crippen LogP contribution in [0.1, 0.15) is 25.0 Å². The third-order valence-electron chi connectivity index (χ3n) is 11.3. The van der Waals surface area contributed by atoms with Gasteiger partial charge in [-0.1, -0.05) is 111 Å². The lowest BCUT2D eigenvalue weighted by Gasteiger charge is -2.28. The SMILES string of the molecule is CC1(C)c2cc(-c3ccc4c(c3)Oc3ccccc3O4)ccc2-c2ccc(N(c3ccc(-c4ccccc4)cc3)c3ccc4c(c3)oc3ccccc34)cc21. The zero-order valence-electron chi connectivity index (χ0n) is 30.4. The van der Waals surface area contributed by atoms with Crippen LogP contribution >= 0.6 is 0 Å². The van der Waals surface area contributed by atoms with E-state index in [9.17, 15) is 0 Å². The zero-order valence-corrected chi connectivity index (χ0v) is 30.4. The van der Waals surface area contributed by atoms with Crippen LogP contribution < -0.4 is 14.4 Å². The summed E-state index contributed by atoms with van der Waals surface area (Å²) in [5.74, 6) is 2.91. The van der Waals surface area contributed by atoms with Crippen molar-refractivity contribution in [3.63, 3.8) is 0 Å². The summed E-state index contributed by atoms with van der Waals surface area (Å²) in [6.45, 7) is 4.68. The number of nitrogens with zero attached hydrogens (tertiary/aromatic N) is 1. The van der Waals surface area contributed by atoms with Crippen molar-refractivity contribution in [3.05, 3.63) is 187 Å². The van der Waals surface area contributed by atoms with E-state index in [2.05, 4.69) is 152 Å². The van der Waals surface area contributed by atoms with Crippen molar-refractivity contribution in [2.24, 2.45) is 0 Å². The monoisotopic (exact) mass is 709 g/mol. The first-order chi connectivity index (χ1) is 27.0. The third-order valence-corrected chi connectivity index (χ3v) is 11.3. The van der Waals surface area contributed by atoms with Gasteiger partial charge in [0, 0.05) is 39.3 Å². The fraction of sp³-hybridized carbons (Fsp3) is 0.0588. The summed E-state index contributed by atoms with van der Waals surface area (Å²) in [5, 5.41) is 2.24. The lowest BCUT2D eigenvalue weighted by atomic mass is 9.81. The van der Waals surface area contributed by atoms with Crippen LogP contribution in [0.5, 0.6) is 23.0 Å². The fourth-order valence-corrected chi connectivity index (χ4v) is 8.49. The van der Waals surface area contributed by atoms with E-state index < -0.39 is 0 Å². The minimum Gasteiger partial charge on any atom is -0.456 e. The van der Waals surface area contributed by atoms with E-state index in [1.807, 2.05) is 42.5 Å². The summed E-state index contributed by atoms with van der Waals surface area (Å²) in [4.78, 5) is 2.35. The summed E-state index contributed by atoms with van der Waals surface area (Å²) in [6.07, 6.45) is 0. The minimum atomic E-state index is -0.241. The number of benzene rings is 8. The topological polar surface area (TPSA) is 34.8 Å². The van der Waals surface area contributed by atoms with Crippen molar-refractivity contribution in [2.75, 3.05) is 4.90 Å². The average molecular weight is 710 g/mol. The molecule has 262 valence electrons. The minimum absolute atomic E-state index is 0.241. The van der Waals surface area contributed by atoms with Crippen molar-refractivity contribution in [1.29, 1.82) is 0 Å². The molecule has 0 amide bonds. The molecule has 0 radical (unpaired) electrons. The molecule has 4 nitrogen and oxygen atoms in total. The van der Waals surface area contributed by atoms with E-state index in [-0.39, 0.29) is 5.41 Å².